The summed E-state index contributed by atoms with van der Waals surface area (Å²) in [6.45, 7) is 8.02. The Labute approximate surface area is 186 Å². The number of unbranched alkanes of at least 4 members (excludes halogenated alkanes) is 10. The van der Waals surface area contributed by atoms with E-state index in [4.69, 9.17) is 14.2 Å². The van der Waals surface area contributed by atoms with Crippen molar-refractivity contribution in [2.75, 3.05) is 19.8 Å². The first-order chi connectivity index (χ1) is 14.6. The summed E-state index contributed by atoms with van der Waals surface area (Å²) in [4.78, 5) is 12.0. The van der Waals surface area contributed by atoms with E-state index in [9.17, 15) is 9.90 Å². The van der Waals surface area contributed by atoms with Crippen molar-refractivity contribution in [1.82, 2.24) is 0 Å². The highest BCUT2D eigenvalue weighted by Crippen LogP contribution is 2.12. The molecule has 0 aromatic rings. The summed E-state index contributed by atoms with van der Waals surface area (Å²) in [6.07, 6.45) is 16.0. The molecule has 0 fully saturated rings. The van der Waals surface area contributed by atoms with Crippen molar-refractivity contribution in [3.8, 4) is 0 Å². The van der Waals surface area contributed by atoms with Gasteiger partial charge in [0.25, 0.3) is 0 Å². The molecule has 0 rings (SSSR count). The van der Waals surface area contributed by atoms with Gasteiger partial charge < -0.3 is 19.3 Å². The maximum absolute atomic E-state index is 12.0. The lowest BCUT2D eigenvalue weighted by Crippen LogP contribution is -2.21. The average Bonchev–Trinajstić information content (AvgIpc) is 2.75. The molecule has 30 heavy (non-hydrogen) atoms. The van der Waals surface area contributed by atoms with Crippen LogP contribution in [-0.2, 0) is 19.0 Å². The fourth-order valence-electron chi connectivity index (χ4n) is 3.23. The maximum atomic E-state index is 12.0. The van der Waals surface area contributed by atoms with E-state index in [0.29, 0.717) is 38.9 Å². The Balaban J connectivity index is 4.05. The summed E-state index contributed by atoms with van der Waals surface area (Å²) in [5.41, 5.74) is 0. The number of rotatable bonds is 23. The summed E-state index contributed by atoms with van der Waals surface area (Å²) >= 11 is 0. The monoisotopic (exact) mass is 430 g/mol. The van der Waals surface area contributed by atoms with Gasteiger partial charge in [-0.05, 0) is 19.3 Å². The quantitative estimate of drug-likeness (QED) is 0.113. The fourth-order valence-corrected chi connectivity index (χ4v) is 3.23. The van der Waals surface area contributed by atoms with Gasteiger partial charge in [0.1, 0.15) is 0 Å². The number of hydrogen-bond donors (Lipinski definition) is 1. The van der Waals surface area contributed by atoms with Gasteiger partial charge in [-0.25, -0.2) is 0 Å². The van der Waals surface area contributed by atoms with E-state index >= 15 is 0 Å². The second-order valence-electron chi connectivity index (χ2n) is 8.32. The minimum absolute atomic E-state index is 0.241. The average molecular weight is 431 g/mol. The fraction of sp³-hybridized carbons (Fsp3) is 0.960. The molecule has 1 unspecified atom stereocenters. The first kappa shape index (κ1) is 29.4. The largest absolute Gasteiger partial charge is 0.466 e. The maximum Gasteiger partial charge on any atom is 0.305 e. The second kappa shape index (κ2) is 23.0. The predicted octanol–water partition coefficient (Wildman–Crippen LogP) is 6.55. The van der Waals surface area contributed by atoms with Crippen LogP contribution < -0.4 is 0 Å². The highest BCUT2D eigenvalue weighted by molar-refractivity contribution is 5.69. The lowest BCUT2D eigenvalue weighted by molar-refractivity contribution is -0.159. The van der Waals surface area contributed by atoms with Gasteiger partial charge in [-0.3, -0.25) is 4.79 Å². The third kappa shape index (κ3) is 20.6. The number of hydrogen-bond acceptors (Lipinski definition) is 5. The zero-order valence-electron chi connectivity index (χ0n) is 20.2. The van der Waals surface area contributed by atoms with E-state index in [2.05, 4.69) is 13.8 Å². The van der Waals surface area contributed by atoms with Crippen LogP contribution in [0.3, 0.4) is 0 Å². The number of carbonyl (C=O) groups is 1. The summed E-state index contributed by atoms with van der Waals surface area (Å²) in [7, 11) is 0. The van der Waals surface area contributed by atoms with Crippen LogP contribution in [0.25, 0.3) is 0 Å². The van der Waals surface area contributed by atoms with E-state index in [1.165, 1.54) is 64.2 Å². The normalized spacial score (nSPS) is 12.4. The molecule has 0 aromatic carbocycles. The highest BCUT2D eigenvalue weighted by atomic mass is 16.7. The van der Waals surface area contributed by atoms with Crippen molar-refractivity contribution in [3.63, 3.8) is 0 Å². The molecule has 0 saturated heterocycles. The first-order valence-corrected chi connectivity index (χ1v) is 12.7. The van der Waals surface area contributed by atoms with Crippen LogP contribution in [0.1, 0.15) is 124 Å². The van der Waals surface area contributed by atoms with Crippen molar-refractivity contribution in [2.45, 2.75) is 136 Å². The number of ether oxygens (including phenoxy) is 3. The third-order valence-corrected chi connectivity index (χ3v) is 5.37. The van der Waals surface area contributed by atoms with Crippen LogP contribution in [0.5, 0.6) is 0 Å². The van der Waals surface area contributed by atoms with Gasteiger partial charge >= 0.3 is 5.97 Å². The van der Waals surface area contributed by atoms with Crippen LogP contribution in [0.15, 0.2) is 0 Å². The molecular formula is C25H50O5. The van der Waals surface area contributed by atoms with Crippen molar-refractivity contribution in [3.05, 3.63) is 0 Å². The van der Waals surface area contributed by atoms with Gasteiger partial charge in [-0.2, -0.15) is 0 Å². The summed E-state index contributed by atoms with van der Waals surface area (Å²) < 4.78 is 17.1. The molecule has 1 atom stereocenters. The molecule has 0 heterocycles. The third-order valence-electron chi connectivity index (χ3n) is 5.37. The number of esters is 1. The van der Waals surface area contributed by atoms with Crippen LogP contribution in [-0.4, -0.2) is 43.3 Å². The Morgan fingerprint density at radius 1 is 0.700 bits per heavy atom. The van der Waals surface area contributed by atoms with E-state index in [0.717, 1.165) is 12.8 Å². The molecule has 0 radical (unpaired) electrons. The summed E-state index contributed by atoms with van der Waals surface area (Å²) in [6, 6.07) is 0. The SMILES string of the molecule is CCCCCCCCOC(CCC(=O)OCCC(O)CC)OCCCCCCCC. The van der Waals surface area contributed by atoms with Crippen LogP contribution >= 0.6 is 0 Å². The zero-order valence-corrected chi connectivity index (χ0v) is 20.2. The Morgan fingerprint density at radius 3 is 1.70 bits per heavy atom. The molecule has 0 aliphatic heterocycles. The van der Waals surface area contributed by atoms with Gasteiger partial charge in [0.2, 0.25) is 0 Å². The van der Waals surface area contributed by atoms with Gasteiger partial charge in [0.05, 0.1) is 19.1 Å². The Hall–Kier alpha value is -0.650. The van der Waals surface area contributed by atoms with Crippen molar-refractivity contribution < 1.29 is 24.1 Å². The smallest absolute Gasteiger partial charge is 0.305 e. The molecule has 0 aromatic heterocycles. The molecule has 0 amide bonds. The van der Waals surface area contributed by atoms with Gasteiger partial charge in [-0.15, -0.1) is 0 Å². The lowest BCUT2D eigenvalue weighted by atomic mass is 10.1. The molecule has 0 bridgehead atoms. The molecule has 0 saturated carbocycles. The summed E-state index contributed by atoms with van der Waals surface area (Å²) in [5.74, 6) is -0.241. The minimum atomic E-state index is -0.396. The molecule has 5 nitrogen and oxygen atoms in total. The first-order valence-electron chi connectivity index (χ1n) is 12.7. The Kier molecular flexibility index (Phi) is 22.5. The Morgan fingerprint density at radius 2 is 1.20 bits per heavy atom. The molecular weight excluding hydrogens is 380 g/mol. The molecule has 180 valence electrons. The molecule has 1 N–H and O–H groups in total. The van der Waals surface area contributed by atoms with Crippen molar-refractivity contribution >= 4 is 5.97 Å². The van der Waals surface area contributed by atoms with Gasteiger partial charge in [-0.1, -0.05) is 85.0 Å². The lowest BCUT2D eigenvalue weighted by Gasteiger charge is -2.18. The molecule has 0 aliphatic carbocycles. The number of carbonyl (C=O) groups excluding carboxylic acids is 1. The second-order valence-corrected chi connectivity index (χ2v) is 8.32. The van der Waals surface area contributed by atoms with Crippen molar-refractivity contribution in [2.24, 2.45) is 0 Å². The van der Waals surface area contributed by atoms with Gasteiger partial charge in [0.15, 0.2) is 6.29 Å². The van der Waals surface area contributed by atoms with Crippen LogP contribution in [0.2, 0.25) is 0 Å². The molecule has 0 aliphatic rings. The van der Waals surface area contributed by atoms with E-state index in [1.54, 1.807) is 0 Å². The zero-order chi connectivity index (χ0) is 22.3. The van der Waals surface area contributed by atoms with E-state index < -0.39 is 6.10 Å². The number of aliphatic hydroxyl groups is 1. The van der Waals surface area contributed by atoms with E-state index in [-0.39, 0.29) is 18.9 Å². The van der Waals surface area contributed by atoms with Crippen molar-refractivity contribution in [1.29, 1.82) is 0 Å². The van der Waals surface area contributed by atoms with Gasteiger partial charge in [0, 0.05) is 26.1 Å². The number of aliphatic hydroxyl groups excluding tert-OH is 1. The molecule has 5 heteroatoms. The topological polar surface area (TPSA) is 65.0 Å². The van der Waals surface area contributed by atoms with Crippen LogP contribution in [0.4, 0.5) is 0 Å². The van der Waals surface area contributed by atoms with E-state index in [1.807, 2.05) is 6.92 Å². The Bertz CT molecular complexity index is 343. The van der Waals surface area contributed by atoms with Crippen LogP contribution in [0, 0.1) is 0 Å². The standard InChI is InChI=1S/C25H50O5/c1-4-7-9-11-13-15-20-29-25(30-21-16-14-12-10-8-5-2)18-17-24(27)28-22-19-23(26)6-3/h23,25-26H,4-22H2,1-3H3. The summed E-state index contributed by atoms with van der Waals surface area (Å²) in [5, 5.41) is 9.53. The predicted molar refractivity (Wildman–Crippen MR) is 124 cm³/mol. The molecule has 0 spiro atoms. The minimum Gasteiger partial charge on any atom is -0.466 e. The highest BCUT2D eigenvalue weighted by Gasteiger charge is 2.14.